The number of amides is 2. The minimum atomic E-state index is -0.342. The van der Waals surface area contributed by atoms with Gasteiger partial charge < -0.3 is 10.6 Å². The van der Waals surface area contributed by atoms with E-state index in [1.54, 1.807) is 11.1 Å². The van der Waals surface area contributed by atoms with Crippen molar-refractivity contribution in [1.82, 2.24) is 14.9 Å². The number of aromatic nitrogens is 2. The Morgan fingerprint density at radius 3 is 2.86 bits per heavy atom. The number of carbonyl (C=O) groups excluding carboxylic acids is 2. The SMILES string of the molecule is Cc1nc(-c2ccccn2)sc1C(=O)N1CC[C@@H](C(N)=O)C1. The van der Waals surface area contributed by atoms with Gasteiger partial charge >= 0.3 is 0 Å². The van der Waals surface area contributed by atoms with E-state index in [1.165, 1.54) is 11.3 Å². The molecule has 1 atom stereocenters. The van der Waals surface area contributed by atoms with Gasteiger partial charge in [0.15, 0.2) is 0 Å². The van der Waals surface area contributed by atoms with Crippen molar-refractivity contribution in [2.75, 3.05) is 13.1 Å². The second-order valence-corrected chi connectivity index (χ2v) is 6.29. The van der Waals surface area contributed by atoms with Crippen molar-refractivity contribution in [1.29, 1.82) is 0 Å². The molecule has 1 aliphatic heterocycles. The number of nitrogens with zero attached hydrogens (tertiary/aromatic N) is 3. The van der Waals surface area contributed by atoms with Gasteiger partial charge in [0, 0.05) is 19.3 Å². The van der Waals surface area contributed by atoms with Crippen LogP contribution in [0.15, 0.2) is 24.4 Å². The van der Waals surface area contributed by atoms with Crippen LogP contribution >= 0.6 is 11.3 Å². The quantitative estimate of drug-likeness (QED) is 0.928. The fourth-order valence-corrected chi connectivity index (χ4v) is 3.53. The van der Waals surface area contributed by atoms with E-state index in [0.29, 0.717) is 30.1 Å². The number of pyridine rings is 1. The molecule has 1 fully saturated rings. The first-order chi connectivity index (χ1) is 10.6. The summed E-state index contributed by atoms with van der Waals surface area (Å²) in [6.45, 7) is 2.77. The molecular weight excluding hydrogens is 300 g/mol. The lowest BCUT2D eigenvalue weighted by atomic mass is 10.1. The van der Waals surface area contributed by atoms with E-state index in [9.17, 15) is 9.59 Å². The Morgan fingerprint density at radius 1 is 1.41 bits per heavy atom. The fraction of sp³-hybridized carbons (Fsp3) is 0.333. The average molecular weight is 316 g/mol. The number of thiazole rings is 1. The maximum Gasteiger partial charge on any atom is 0.265 e. The van der Waals surface area contributed by atoms with Crippen LogP contribution in [0.1, 0.15) is 21.8 Å². The molecule has 0 aromatic carbocycles. The molecule has 0 spiro atoms. The first-order valence-corrected chi connectivity index (χ1v) is 7.85. The lowest BCUT2D eigenvalue weighted by molar-refractivity contribution is -0.121. The van der Waals surface area contributed by atoms with E-state index in [-0.39, 0.29) is 17.7 Å². The molecule has 7 heteroatoms. The average Bonchev–Trinajstić information content (AvgIpc) is 3.14. The number of aryl methyl sites for hydroxylation is 1. The molecule has 2 amide bonds. The largest absolute Gasteiger partial charge is 0.369 e. The third kappa shape index (κ3) is 2.71. The van der Waals surface area contributed by atoms with E-state index < -0.39 is 0 Å². The number of rotatable bonds is 3. The molecule has 114 valence electrons. The van der Waals surface area contributed by atoms with Crippen molar-refractivity contribution in [3.05, 3.63) is 35.0 Å². The van der Waals surface area contributed by atoms with Crippen LogP contribution in [-0.2, 0) is 4.79 Å². The van der Waals surface area contributed by atoms with Crippen molar-refractivity contribution in [3.63, 3.8) is 0 Å². The molecular formula is C15H16N4O2S. The van der Waals surface area contributed by atoms with Gasteiger partial charge in [-0.2, -0.15) is 0 Å². The molecule has 2 aromatic heterocycles. The molecule has 0 saturated carbocycles. The zero-order valence-electron chi connectivity index (χ0n) is 12.2. The molecule has 1 aliphatic rings. The number of hydrogen-bond donors (Lipinski definition) is 1. The molecule has 3 heterocycles. The van der Waals surface area contributed by atoms with Gasteiger partial charge in [-0.05, 0) is 25.5 Å². The number of nitrogens with two attached hydrogens (primary N) is 1. The van der Waals surface area contributed by atoms with Gasteiger partial charge in [0.25, 0.3) is 5.91 Å². The van der Waals surface area contributed by atoms with Crippen LogP contribution in [0, 0.1) is 12.8 Å². The number of likely N-dealkylation sites (tertiary alicyclic amines) is 1. The molecule has 0 radical (unpaired) electrons. The van der Waals surface area contributed by atoms with Gasteiger partial charge in [-0.1, -0.05) is 6.07 Å². The summed E-state index contributed by atoms with van der Waals surface area (Å²) in [6.07, 6.45) is 2.33. The lowest BCUT2D eigenvalue weighted by Crippen LogP contribution is -2.31. The van der Waals surface area contributed by atoms with Crippen LogP contribution < -0.4 is 5.73 Å². The predicted octanol–water partition coefficient (Wildman–Crippen LogP) is 1.46. The third-order valence-corrected chi connectivity index (χ3v) is 4.92. The molecule has 0 aliphatic carbocycles. The zero-order valence-corrected chi connectivity index (χ0v) is 13.0. The summed E-state index contributed by atoms with van der Waals surface area (Å²) in [5.41, 5.74) is 6.76. The van der Waals surface area contributed by atoms with E-state index in [1.807, 2.05) is 25.1 Å². The minimum Gasteiger partial charge on any atom is -0.369 e. The fourth-order valence-electron chi connectivity index (χ4n) is 2.51. The molecule has 3 rings (SSSR count). The van der Waals surface area contributed by atoms with Crippen LogP contribution in [0.4, 0.5) is 0 Å². The number of carbonyl (C=O) groups is 2. The Balaban J connectivity index is 1.82. The second kappa shape index (κ2) is 5.84. The summed E-state index contributed by atoms with van der Waals surface area (Å²) in [6, 6.07) is 5.59. The Kier molecular flexibility index (Phi) is 3.89. The molecule has 2 N–H and O–H groups in total. The van der Waals surface area contributed by atoms with E-state index >= 15 is 0 Å². The van der Waals surface area contributed by atoms with E-state index in [4.69, 9.17) is 5.73 Å². The first-order valence-electron chi connectivity index (χ1n) is 7.03. The normalized spacial score (nSPS) is 17.7. The number of primary amides is 1. The predicted molar refractivity (Wildman–Crippen MR) is 83.3 cm³/mol. The Morgan fingerprint density at radius 2 is 2.23 bits per heavy atom. The van der Waals surface area contributed by atoms with Crippen LogP contribution in [0.5, 0.6) is 0 Å². The number of hydrogen-bond acceptors (Lipinski definition) is 5. The van der Waals surface area contributed by atoms with Crippen molar-refractivity contribution in [3.8, 4) is 10.7 Å². The third-order valence-electron chi connectivity index (χ3n) is 3.75. The van der Waals surface area contributed by atoms with Crippen molar-refractivity contribution < 1.29 is 9.59 Å². The van der Waals surface area contributed by atoms with Gasteiger partial charge in [-0.25, -0.2) is 4.98 Å². The highest BCUT2D eigenvalue weighted by Crippen LogP contribution is 2.29. The van der Waals surface area contributed by atoms with Crippen molar-refractivity contribution in [2.45, 2.75) is 13.3 Å². The van der Waals surface area contributed by atoms with Crippen molar-refractivity contribution in [2.24, 2.45) is 11.7 Å². The molecule has 22 heavy (non-hydrogen) atoms. The molecule has 0 unspecified atom stereocenters. The van der Waals surface area contributed by atoms with Gasteiger partial charge in [-0.15, -0.1) is 11.3 Å². The monoisotopic (exact) mass is 316 g/mol. The summed E-state index contributed by atoms with van der Waals surface area (Å²) >= 11 is 1.34. The maximum atomic E-state index is 12.6. The summed E-state index contributed by atoms with van der Waals surface area (Å²) in [4.78, 5) is 34.8. The highest BCUT2D eigenvalue weighted by molar-refractivity contribution is 7.17. The van der Waals surface area contributed by atoms with Crippen LogP contribution in [0.25, 0.3) is 10.7 Å². The standard InChI is InChI=1S/C15H16N4O2S/c1-9-12(15(21)19-7-5-10(8-19)13(16)20)22-14(18-9)11-4-2-3-6-17-11/h2-4,6,10H,5,7-8H2,1H3,(H2,16,20)/t10-/m1/s1. The Labute approximate surface area is 132 Å². The molecule has 1 saturated heterocycles. The van der Waals surface area contributed by atoms with Gasteiger partial charge in [0.2, 0.25) is 5.91 Å². The first kappa shape index (κ1) is 14.6. The maximum absolute atomic E-state index is 12.6. The van der Waals surface area contributed by atoms with Crippen molar-refractivity contribution >= 4 is 23.2 Å². The summed E-state index contributed by atoms with van der Waals surface area (Å²) in [5, 5.41) is 0.729. The van der Waals surface area contributed by atoms with Crippen LogP contribution in [0.2, 0.25) is 0 Å². The molecule has 0 bridgehead atoms. The Hall–Kier alpha value is -2.28. The van der Waals surface area contributed by atoms with E-state index in [0.717, 1.165) is 10.7 Å². The molecule has 6 nitrogen and oxygen atoms in total. The second-order valence-electron chi connectivity index (χ2n) is 5.29. The van der Waals surface area contributed by atoms with Crippen LogP contribution in [0.3, 0.4) is 0 Å². The zero-order chi connectivity index (χ0) is 15.7. The highest BCUT2D eigenvalue weighted by atomic mass is 32.1. The van der Waals surface area contributed by atoms with Crippen LogP contribution in [-0.4, -0.2) is 39.8 Å². The summed E-state index contributed by atoms with van der Waals surface area (Å²) in [5.74, 6) is -0.668. The summed E-state index contributed by atoms with van der Waals surface area (Å²) in [7, 11) is 0. The Bertz CT molecular complexity index is 714. The highest BCUT2D eigenvalue weighted by Gasteiger charge is 2.31. The topological polar surface area (TPSA) is 89.2 Å². The molecule has 2 aromatic rings. The lowest BCUT2D eigenvalue weighted by Gasteiger charge is -2.14. The van der Waals surface area contributed by atoms with Gasteiger partial charge in [0.1, 0.15) is 9.88 Å². The smallest absolute Gasteiger partial charge is 0.265 e. The van der Waals surface area contributed by atoms with Gasteiger partial charge in [0.05, 0.1) is 17.3 Å². The van der Waals surface area contributed by atoms with Gasteiger partial charge in [-0.3, -0.25) is 14.6 Å². The van der Waals surface area contributed by atoms with E-state index in [2.05, 4.69) is 9.97 Å². The minimum absolute atomic E-state index is 0.0825. The summed E-state index contributed by atoms with van der Waals surface area (Å²) < 4.78 is 0.